The smallest absolute Gasteiger partial charge is 0.311 e. The summed E-state index contributed by atoms with van der Waals surface area (Å²) in [6.45, 7) is 1.46. The van der Waals surface area contributed by atoms with E-state index in [9.17, 15) is 13.6 Å². The summed E-state index contributed by atoms with van der Waals surface area (Å²) in [5.41, 5.74) is -0.0489. The minimum Gasteiger partial charge on any atom is -0.469 e. The molecule has 0 saturated heterocycles. The number of hydrogen-bond acceptors (Lipinski definition) is 3. The number of carbonyl (C=O) groups is 1. The summed E-state index contributed by atoms with van der Waals surface area (Å²) >= 11 is 5.69. The van der Waals surface area contributed by atoms with Crippen LogP contribution in [0, 0.1) is 6.92 Å². The first-order valence-corrected chi connectivity index (χ1v) is 4.84. The van der Waals surface area contributed by atoms with Gasteiger partial charge < -0.3 is 4.74 Å². The summed E-state index contributed by atoms with van der Waals surface area (Å²) in [4.78, 5) is 14.7. The summed E-state index contributed by atoms with van der Waals surface area (Å²) in [7, 11) is 1.19. The predicted octanol–water partition coefficient (Wildman–Crippen LogP) is 2.70. The van der Waals surface area contributed by atoms with Crippen molar-refractivity contribution in [2.75, 3.05) is 7.11 Å². The molecule has 0 aliphatic heterocycles. The van der Waals surface area contributed by atoms with Gasteiger partial charge in [0.25, 0.3) is 6.43 Å². The predicted molar refractivity (Wildman–Crippen MR) is 54.7 cm³/mol. The summed E-state index contributed by atoms with van der Waals surface area (Å²) in [6.07, 6.45) is -1.75. The van der Waals surface area contributed by atoms with Crippen LogP contribution in [-0.4, -0.2) is 18.1 Å². The van der Waals surface area contributed by atoms with Crippen LogP contribution in [0.3, 0.4) is 0 Å². The number of carbonyl (C=O) groups excluding carboxylic acids is 1. The molecule has 0 N–H and O–H groups in total. The number of aromatic nitrogens is 1. The molecular formula is C10H10ClF2NO2. The fraction of sp³-hybridized carbons (Fsp3) is 0.400. The first kappa shape index (κ1) is 12.8. The molecule has 0 saturated carbocycles. The zero-order chi connectivity index (χ0) is 12.3. The minimum atomic E-state index is -2.72. The number of methoxy groups -OCH3 is 1. The van der Waals surface area contributed by atoms with Gasteiger partial charge in [-0.15, -0.1) is 0 Å². The topological polar surface area (TPSA) is 39.2 Å². The molecule has 0 aliphatic rings. The number of pyridine rings is 1. The van der Waals surface area contributed by atoms with Crippen LogP contribution in [-0.2, 0) is 16.0 Å². The highest BCUT2D eigenvalue weighted by Crippen LogP contribution is 2.29. The molecule has 0 aliphatic carbocycles. The van der Waals surface area contributed by atoms with Gasteiger partial charge >= 0.3 is 5.97 Å². The molecule has 0 bridgehead atoms. The van der Waals surface area contributed by atoms with Crippen molar-refractivity contribution in [3.05, 3.63) is 28.0 Å². The van der Waals surface area contributed by atoms with Gasteiger partial charge in [-0.25, -0.2) is 8.78 Å². The maximum atomic E-state index is 12.8. The molecular weight excluding hydrogens is 240 g/mol. The molecule has 3 nitrogen and oxygen atoms in total. The fourth-order valence-corrected chi connectivity index (χ4v) is 1.44. The molecule has 88 valence electrons. The van der Waals surface area contributed by atoms with Crippen LogP contribution < -0.4 is 0 Å². The van der Waals surface area contributed by atoms with Crippen molar-refractivity contribution >= 4 is 17.6 Å². The largest absolute Gasteiger partial charge is 0.469 e. The Morgan fingerprint density at radius 2 is 2.25 bits per heavy atom. The van der Waals surface area contributed by atoms with Crippen molar-refractivity contribution in [2.24, 2.45) is 0 Å². The zero-order valence-corrected chi connectivity index (χ0v) is 9.52. The highest BCUT2D eigenvalue weighted by molar-refractivity contribution is 6.31. The average molecular weight is 250 g/mol. The zero-order valence-electron chi connectivity index (χ0n) is 8.76. The molecule has 16 heavy (non-hydrogen) atoms. The summed E-state index contributed by atoms with van der Waals surface area (Å²) in [6, 6.07) is 0. The SMILES string of the molecule is COC(=O)Cc1ncc(Cl)c(C)c1C(F)F. The molecule has 1 aromatic heterocycles. The second-order valence-corrected chi connectivity index (χ2v) is 3.55. The molecule has 0 amide bonds. The Morgan fingerprint density at radius 3 is 2.75 bits per heavy atom. The van der Waals surface area contributed by atoms with Crippen LogP contribution in [0.1, 0.15) is 23.2 Å². The number of ether oxygens (including phenoxy) is 1. The van der Waals surface area contributed by atoms with E-state index >= 15 is 0 Å². The molecule has 1 heterocycles. The van der Waals surface area contributed by atoms with E-state index in [1.54, 1.807) is 0 Å². The first-order valence-electron chi connectivity index (χ1n) is 4.46. The van der Waals surface area contributed by atoms with Gasteiger partial charge in [0.1, 0.15) is 0 Å². The van der Waals surface area contributed by atoms with Gasteiger partial charge in [0.15, 0.2) is 0 Å². The summed E-state index contributed by atoms with van der Waals surface area (Å²) < 4.78 is 29.9. The lowest BCUT2D eigenvalue weighted by Gasteiger charge is -2.11. The van der Waals surface area contributed by atoms with E-state index in [0.29, 0.717) is 0 Å². The maximum Gasteiger partial charge on any atom is 0.311 e. The van der Waals surface area contributed by atoms with Crippen molar-refractivity contribution in [2.45, 2.75) is 19.8 Å². The third-order valence-electron chi connectivity index (χ3n) is 2.16. The second kappa shape index (κ2) is 5.21. The lowest BCUT2D eigenvalue weighted by molar-refractivity contribution is -0.139. The Bertz CT molecular complexity index is 410. The van der Waals surface area contributed by atoms with Gasteiger partial charge in [-0.2, -0.15) is 0 Å². The highest BCUT2D eigenvalue weighted by atomic mass is 35.5. The minimum absolute atomic E-state index is 0.00347. The van der Waals surface area contributed by atoms with Gasteiger partial charge in [0.2, 0.25) is 0 Å². The summed E-state index contributed by atoms with van der Waals surface area (Å²) in [5.74, 6) is -0.615. The van der Waals surface area contributed by atoms with E-state index in [1.165, 1.54) is 20.2 Å². The third-order valence-corrected chi connectivity index (χ3v) is 2.55. The van der Waals surface area contributed by atoms with Gasteiger partial charge in [0, 0.05) is 11.8 Å². The molecule has 0 unspecified atom stereocenters. The number of alkyl halides is 2. The van der Waals surface area contributed by atoms with Crippen molar-refractivity contribution in [3.8, 4) is 0 Å². The molecule has 0 radical (unpaired) electrons. The van der Waals surface area contributed by atoms with E-state index in [2.05, 4.69) is 9.72 Å². The number of halogens is 3. The van der Waals surface area contributed by atoms with Gasteiger partial charge in [0.05, 0.1) is 24.2 Å². The fourth-order valence-electron chi connectivity index (χ4n) is 1.29. The Balaban J connectivity index is 3.18. The van der Waals surface area contributed by atoms with Gasteiger partial charge in [-0.3, -0.25) is 9.78 Å². The highest BCUT2D eigenvalue weighted by Gasteiger charge is 2.21. The summed E-state index contributed by atoms with van der Waals surface area (Å²) in [5, 5.41) is 0.156. The van der Waals surface area contributed by atoms with Crippen molar-refractivity contribution in [1.82, 2.24) is 4.98 Å². The third kappa shape index (κ3) is 2.66. The standard InChI is InChI=1S/C10H10ClF2NO2/c1-5-6(11)4-14-7(3-8(15)16-2)9(5)10(12)13/h4,10H,3H2,1-2H3. The molecule has 0 spiro atoms. The van der Waals surface area contributed by atoms with E-state index in [0.717, 1.165) is 0 Å². The van der Waals surface area contributed by atoms with E-state index in [4.69, 9.17) is 11.6 Å². The second-order valence-electron chi connectivity index (χ2n) is 3.15. The molecule has 1 aromatic rings. The van der Waals surface area contributed by atoms with Crippen LogP contribution in [0.15, 0.2) is 6.20 Å². The number of nitrogens with zero attached hydrogens (tertiary/aromatic N) is 1. The number of esters is 1. The van der Waals surface area contributed by atoms with Crippen LogP contribution in [0.2, 0.25) is 5.02 Å². The van der Waals surface area contributed by atoms with Crippen LogP contribution >= 0.6 is 11.6 Å². The van der Waals surface area contributed by atoms with E-state index in [1.807, 2.05) is 0 Å². The van der Waals surface area contributed by atoms with Crippen molar-refractivity contribution in [1.29, 1.82) is 0 Å². The molecule has 0 aromatic carbocycles. The lowest BCUT2D eigenvalue weighted by Crippen LogP contribution is -2.10. The quantitative estimate of drug-likeness (QED) is 0.773. The normalized spacial score (nSPS) is 10.6. The molecule has 6 heteroatoms. The first-order chi connectivity index (χ1) is 7.47. The van der Waals surface area contributed by atoms with E-state index in [-0.39, 0.29) is 28.3 Å². The van der Waals surface area contributed by atoms with Gasteiger partial charge in [-0.05, 0) is 12.5 Å². The monoisotopic (exact) mass is 249 g/mol. The van der Waals surface area contributed by atoms with Crippen molar-refractivity contribution < 1.29 is 18.3 Å². The Labute approximate surface area is 96.4 Å². The molecule has 0 atom stereocenters. The maximum absolute atomic E-state index is 12.8. The van der Waals surface area contributed by atoms with E-state index < -0.39 is 12.4 Å². The Hall–Kier alpha value is -1.23. The van der Waals surface area contributed by atoms with Crippen LogP contribution in [0.5, 0.6) is 0 Å². The number of rotatable bonds is 3. The lowest BCUT2D eigenvalue weighted by atomic mass is 10.1. The van der Waals surface area contributed by atoms with Crippen LogP contribution in [0.4, 0.5) is 8.78 Å². The Kier molecular flexibility index (Phi) is 4.18. The average Bonchev–Trinajstić information content (AvgIpc) is 2.23. The molecule has 1 rings (SSSR count). The van der Waals surface area contributed by atoms with Crippen molar-refractivity contribution in [3.63, 3.8) is 0 Å². The Morgan fingerprint density at radius 1 is 1.62 bits per heavy atom. The number of hydrogen-bond donors (Lipinski definition) is 0. The molecule has 0 fully saturated rings. The van der Waals surface area contributed by atoms with Gasteiger partial charge in [-0.1, -0.05) is 11.6 Å². The van der Waals surface area contributed by atoms with Crippen LogP contribution in [0.25, 0.3) is 0 Å².